The minimum Gasteiger partial charge on any atom is -0.490 e. The Hall–Kier alpha value is -1.87. The maximum absolute atomic E-state index is 5.79. The highest BCUT2D eigenvalue weighted by molar-refractivity contribution is 14.0. The average Bonchev–Trinajstić information content (AvgIpc) is 2.71. The summed E-state index contributed by atoms with van der Waals surface area (Å²) in [4.78, 5) is 8.66. The molecule has 2 aromatic rings. The number of nitrogens with one attached hydrogen (secondary N) is 2. The Kier molecular flexibility index (Phi) is 13.0. The number of guanidine groups is 1. The Morgan fingerprint density at radius 1 is 1.14 bits per heavy atom. The number of hydrogen-bond donors (Lipinski definition) is 2. The van der Waals surface area contributed by atoms with E-state index in [-0.39, 0.29) is 24.0 Å². The molecule has 0 aliphatic heterocycles. The van der Waals surface area contributed by atoms with Gasteiger partial charge in [-0.25, -0.2) is 0 Å². The van der Waals surface area contributed by atoms with E-state index < -0.39 is 0 Å². The molecule has 6 nitrogen and oxygen atoms in total. The van der Waals surface area contributed by atoms with Gasteiger partial charge < -0.3 is 20.1 Å². The molecule has 1 atom stereocenters. The summed E-state index contributed by atoms with van der Waals surface area (Å²) >= 11 is 0. The van der Waals surface area contributed by atoms with Crippen LogP contribution in [-0.2, 0) is 11.3 Å². The highest BCUT2D eigenvalue weighted by atomic mass is 127. The fraction of sp³-hybridized carbons (Fsp3) is 0.429. The molecule has 0 spiro atoms. The smallest absolute Gasteiger partial charge is 0.191 e. The second-order valence-electron chi connectivity index (χ2n) is 6.29. The maximum atomic E-state index is 5.79. The van der Waals surface area contributed by atoms with Gasteiger partial charge in [-0.05, 0) is 30.5 Å². The maximum Gasteiger partial charge on any atom is 0.191 e. The van der Waals surface area contributed by atoms with Crippen LogP contribution in [0.2, 0.25) is 0 Å². The van der Waals surface area contributed by atoms with Crippen molar-refractivity contribution in [1.82, 2.24) is 15.6 Å². The van der Waals surface area contributed by atoms with Crippen molar-refractivity contribution in [2.24, 2.45) is 10.9 Å². The molecule has 0 fully saturated rings. The van der Waals surface area contributed by atoms with E-state index in [1.165, 1.54) is 5.56 Å². The lowest BCUT2D eigenvalue weighted by molar-refractivity contribution is 0.0945. The molecule has 0 amide bonds. The summed E-state index contributed by atoms with van der Waals surface area (Å²) in [6, 6.07) is 14.0. The summed E-state index contributed by atoms with van der Waals surface area (Å²) in [6.45, 7) is 8.24. The van der Waals surface area contributed by atoms with Crippen molar-refractivity contribution in [2.75, 3.05) is 32.8 Å². The summed E-state index contributed by atoms with van der Waals surface area (Å²) in [5.41, 5.74) is 1.19. The van der Waals surface area contributed by atoms with Gasteiger partial charge in [-0.2, -0.15) is 0 Å². The highest BCUT2D eigenvalue weighted by Gasteiger charge is 2.04. The van der Waals surface area contributed by atoms with Gasteiger partial charge in [-0.15, -0.1) is 24.0 Å². The van der Waals surface area contributed by atoms with Crippen LogP contribution in [0.15, 0.2) is 59.9 Å². The Labute approximate surface area is 185 Å². The topological polar surface area (TPSA) is 67.8 Å². The standard InChI is InChI=1S/C21H30N4O2.HI/c1-3-23-21(24-12-13-27-20-10-7-11-22-15-20)25-14-18(2)16-26-17-19-8-5-4-6-9-19;/h4-11,15,18H,3,12-14,16-17H2,1-2H3,(H2,23,24,25);1H. The molecule has 0 aliphatic rings. The van der Waals surface area contributed by atoms with Crippen LogP contribution in [-0.4, -0.2) is 43.8 Å². The summed E-state index contributed by atoms with van der Waals surface area (Å²) < 4.78 is 11.4. The summed E-state index contributed by atoms with van der Waals surface area (Å²) in [7, 11) is 0. The number of benzene rings is 1. The quantitative estimate of drug-likeness (QED) is 0.215. The number of pyridine rings is 1. The highest BCUT2D eigenvalue weighted by Crippen LogP contribution is 2.05. The van der Waals surface area contributed by atoms with Crippen molar-refractivity contribution in [2.45, 2.75) is 20.5 Å². The van der Waals surface area contributed by atoms with Crippen LogP contribution < -0.4 is 15.4 Å². The first kappa shape index (κ1) is 24.2. The van der Waals surface area contributed by atoms with Crippen molar-refractivity contribution in [3.05, 3.63) is 60.4 Å². The van der Waals surface area contributed by atoms with Crippen molar-refractivity contribution in [3.63, 3.8) is 0 Å². The molecule has 2 N–H and O–H groups in total. The monoisotopic (exact) mass is 498 g/mol. The molecule has 0 saturated heterocycles. The van der Waals surface area contributed by atoms with E-state index in [9.17, 15) is 0 Å². The number of halogens is 1. The lowest BCUT2D eigenvalue weighted by Gasteiger charge is -2.14. The van der Waals surface area contributed by atoms with Gasteiger partial charge in [-0.1, -0.05) is 37.3 Å². The average molecular weight is 498 g/mol. The molecule has 1 unspecified atom stereocenters. The molecule has 1 heterocycles. The minimum absolute atomic E-state index is 0. The Morgan fingerprint density at radius 2 is 1.96 bits per heavy atom. The summed E-state index contributed by atoms with van der Waals surface area (Å²) in [5, 5.41) is 6.53. The molecule has 0 saturated carbocycles. The molecule has 1 aromatic heterocycles. The second-order valence-corrected chi connectivity index (χ2v) is 6.29. The van der Waals surface area contributed by atoms with Gasteiger partial charge in [0.2, 0.25) is 0 Å². The van der Waals surface area contributed by atoms with Gasteiger partial charge in [0.1, 0.15) is 12.4 Å². The van der Waals surface area contributed by atoms with Crippen LogP contribution >= 0.6 is 24.0 Å². The molecule has 28 heavy (non-hydrogen) atoms. The zero-order chi connectivity index (χ0) is 19.2. The third-order valence-corrected chi connectivity index (χ3v) is 3.72. The van der Waals surface area contributed by atoms with E-state index in [1.54, 1.807) is 12.4 Å². The molecule has 0 bridgehead atoms. The summed E-state index contributed by atoms with van der Waals surface area (Å²) in [5.74, 6) is 1.91. The van der Waals surface area contributed by atoms with E-state index in [0.717, 1.165) is 18.3 Å². The molecule has 2 rings (SSSR count). The van der Waals surface area contributed by atoms with E-state index in [0.29, 0.717) is 38.8 Å². The van der Waals surface area contributed by atoms with Crippen LogP contribution in [0.3, 0.4) is 0 Å². The second kappa shape index (κ2) is 15.1. The Bertz CT molecular complexity index is 656. The number of ether oxygens (including phenoxy) is 2. The van der Waals surface area contributed by atoms with E-state index in [1.807, 2.05) is 30.3 Å². The normalized spacial score (nSPS) is 12.0. The SMILES string of the molecule is CCNC(=NCC(C)COCc1ccccc1)NCCOc1cccnc1.I. The zero-order valence-electron chi connectivity index (χ0n) is 16.6. The number of rotatable bonds is 11. The largest absolute Gasteiger partial charge is 0.490 e. The van der Waals surface area contributed by atoms with Crippen LogP contribution in [0.1, 0.15) is 19.4 Å². The summed E-state index contributed by atoms with van der Waals surface area (Å²) in [6.07, 6.45) is 3.43. The lowest BCUT2D eigenvalue weighted by Crippen LogP contribution is -2.39. The number of nitrogens with zero attached hydrogens (tertiary/aromatic N) is 2. The predicted molar refractivity (Wildman–Crippen MR) is 124 cm³/mol. The van der Waals surface area contributed by atoms with Gasteiger partial charge >= 0.3 is 0 Å². The van der Waals surface area contributed by atoms with Crippen LogP contribution in [0, 0.1) is 5.92 Å². The first-order valence-corrected chi connectivity index (χ1v) is 9.44. The first-order chi connectivity index (χ1) is 13.3. The first-order valence-electron chi connectivity index (χ1n) is 9.44. The zero-order valence-corrected chi connectivity index (χ0v) is 19.0. The third kappa shape index (κ3) is 10.5. The molecule has 154 valence electrons. The van der Waals surface area contributed by atoms with Crippen LogP contribution in [0.5, 0.6) is 5.75 Å². The van der Waals surface area contributed by atoms with Crippen molar-refractivity contribution in [1.29, 1.82) is 0 Å². The van der Waals surface area contributed by atoms with Crippen molar-refractivity contribution in [3.8, 4) is 5.75 Å². The predicted octanol–water partition coefficient (Wildman–Crippen LogP) is 3.49. The minimum atomic E-state index is 0. The van der Waals surface area contributed by atoms with Crippen molar-refractivity contribution < 1.29 is 9.47 Å². The molecule has 1 aromatic carbocycles. The third-order valence-electron chi connectivity index (χ3n) is 3.72. The van der Waals surface area contributed by atoms with E-state index >= 15 is 0 Å². The van der Waals surface area contributed by atoms with Gasteiger partial charge in [0.25, 0.3) is 0 Å². The van der Waals surface area contributed by atoms with E-state index in [4.69, 9.17) is 9.47 Å². The molecule has 7 heteroatoms. The number of hydrogen-bond acceptors (Lipinski definition) is 4. The fourth-order valence-electron chi connectivity index (χ4n) is 2.36. The van der Waals surface area contributed by atoms with E-state index in [2.05, 4.69) is 46.6 Å². The molecule has 0 aliphatic carbocycles. The van der Waals surface area contributed by atoms with Crippen LogP contribution in [0.4, 0.5) is 0 Å². The van der Waals surface area contributed by atoms with Gasteiger partial charge in [0.15, 0.2) is 5.96 Å². The Balaban J connectivity index is 0.00000392. The Morgan fingerprint density at radius 3 is 2.68 bits per heavy atom. The molecular formula is C21H31IN4O2. The van der Waals surface area contributed by atoms with Gasteiger partial charge in [0.05, 0.1) is 26.0 Å². The molecule has 0 radical (unpaired) electrons. The van der Waals surface area contributed by atoms with Gasteiger partial charge in [-0.3, -0.25) is 9.98 Å². The lowest BCUT2D eigenvalue weighted by atomic mass is 10.2. The number of aliphatic imine (C=N–C) groups is 1. The fourth-order valence-corrected chi connectivity index (χ4v) is 2.36. The molecular weight excluding hydrogens is 467 g/mol. The van der Waals surface area contributed by atoms with Gasteiger partial charge in [0, 0.05) is 19.3 Å². The number of aromatic nitrogens is 1. The van der Waals surface area contributed by atoms with Crippen molar-refractivity contribution >= 4 is 29.9 Å². The van der Waals surface area contributed by atoms with Crippen LogP contribution in [0.25, 0.3) is 0 Å².